The third kappa shape index (κ3) is 4.47. The van der Waals surface area contributed by atoms with E-state index in [4.69, 9.17) is 4.42 Å². The van der Waals surface area contributed by atoms with Crippen molar-refractivity contribution >= 4 is 11.8 Å². The van der Waals surface area contributed by atoms with Crippen molar-refractivity contribution in [3.8, 4) is 11.5 Å². The van der Waals surface area contributed by atoms with Crippen LogP contribution < -0.4 is 5.32 Å². The van der Waals surface area contributed by atoms with Gasteiger partial charge in [0.1, 0.15) is 5.76 Å². The standard InChI is InChI=1S/C19H23N3O3/c1-14-16(21-19(25-14)15-7-3-2-4-8-15)13-17(23)20-10-6-12-22-11-5-9-18(22)24/h2-4,7-8H,5-6,9-13H2,1H3,(H,20,23). The lowest BCUT2D eigenvalue weighted by molar-refractivity contribution is -0.127. The second-order valence-electron chi connectivity index (χ2n) is 6.25. The van der Waals surface area contributed by atoms with Gasteiger partial charge in [-0.25, -0.2) is 4.98 Å². The summed E-state index contributed by atoms with van der Waals surface area (Å²) in [6.45, 7) is 3.93. The van der Waals surface area contributed by atoms with Crippen molar-refractivity contribution in [2.24, 2.45) is 0 Å². The maximum absolute atomic E-state index is 12.1. The molecular formula is C19H23N3O3. The molecule has 6 nitrogen and oxygen atoms in total. The van der Waals surface area contributed by atoms with Crippen molar-refractivity contribution in [3.05, 3.63) is 41.8 Å². The van der Waals surface area contributed by atoms with E-state index in [2.05, 4.69) is 10.3 Å². The molecule has 0 bridgehead atoms. The Balaban J connectivity index is 1.46. The van der Waals surface area contributed by atoms with E-state index >= 15 is 0 Å². The highest BCUT2D eigenvalue weighted by Crippen LogP contribution is 2.21. The van der Waals surface area contributed by atoms with Gasteiger partial charge in [-0.05, 0) is 31.9 Å². The molecule has 0 atom stereocenters. The molecule has 1 aromatic carbocycles. The van der Waals surface area contributed by atoms with Crippen LogP contribution in [0.2, 0.25) is 0 Å². The maximum atomic E-state index is 12.1. The number of carbonyl (C=O) groups excluding carboxylic acids is 2. The first kappa shape index (κ1) is 17.2. The summed E-state index contributed by atoms with van der Waals surface area (Å²) in [5, 5.41) is 2.89. The molecule has 1 N–H and O–H groups in total. The molecule has 0 unspecified atom stereocenters. The highest BCUT2D eigenvalue weighted by atomic mass is 16.4. The zero-order valence-electron chi connectivity index (χ0n) is 14.5. The van der Waals surface area contributed by atoms with Gasteiger partial charge in [-0.3, -0.25) is 9.59 Å². The van der Waals surface area contributed by atoms with Gasteiger partial charge in [-0.1, -0.05) is 18.2 Å². The molecule has 0 spiro atoms. The minimum Gasteiger partial charge on any atom is -0.441 e. The summed E-state index contributed by atoms with van der Waals surface area (Å²) >= 11 is 0. The summed E-state index contributed by atoms with van der Waals surface area (Å²) in [6, 6.07) is 9.63. The molecule has 1 aliphatic heterocycles. The van der Waals surface area contributed by atoms with Gasteiger partial charge in [-0.15, -0.1) is 0 Å². The number of carbonyl (C=O) groups is 2. The Hall–Kier alpha value is -2.63. The van der Waals surface area contributed by atoms with Crippen LogP contribution in [0.4, 0.5) is 0 Å². The molecule has 2 aromatic rings. The summed E-state index contributed by atoms with van der Waals surface area (Å²) in [5.74, 6) is 1.34. The predicted molar refractivity (Wildman–Crippen MR) is 93.8 cm³/mol. The number of amides is 2. The molecule has 1 aromatic heterocycles. The van der Waals surface area contributed by atoms with E-state index in [0.29, 0.717) is 36.9 Å². The lowest BCUT2D eigenvalue weighted by atomic mass is 10.2. The van der Waals surface area contributed by atoms with Crippen molar-refractivity contribution in [3.63, 3.8) is 0 Å². The van der Waals surface area contributed by atoms with E-state index < -0.39 is 0 Å². The molecule has 3 rings (SSSR count). The van der Waals surface area contributed by atoms with Gasteiger partial charge in [-0.2, -0.15) is 0 Å². The normalized spacial score (nSPS) is 14.1. The number of nitrogens with one attached hydrogen (secondary N) is 1. The molecule has 0 radical (unpaired) electrons. The SMILES string of the molecule is Cc1oc(-c2ccccc2)nc1CC(=O)NCCCN1CCCC1=O. The summed E-state index contributed by atoms with van der Waals surface area (Å²) in [7, 11) is 0. The topological polar surface area (TPSA) is 75.4 Å². The minimum absolute atomic E-state index is 0.0799. The molecule has 0 aliphatic carbocycles. The summed E-state index contributed by atoms with van der Waals surface area (Å²) in [5.41, 5.74) is 1.55. The summed E-state index contributed by atoms with van der Waals surface area (Å²) in [4.78, 5) is 29.9. The minimum atomic E-state index is -0.0799. The Labute approximate surface area is 147 Å². The number of likely N-dealkylation sites (tertiary alicyclic amines) is 1. The van der Waals surface area contributed by atoms with Crippen molar-refractivity contribution in [2.75, 3.05) is 19.6 Å². The van der Waals surface area contributed by atoms with E-state index in [1.54, 1.807) is 0 Å². The van der Waals surface area contributed by atoms with E-state index in [1.165, 1.54) is 0 Å². The third-order valence-electron chi connectivity index (χ3n) is 4.34. The van der Waals surface area contributed by atoms with Gasteiger partial charge >= 0.3 is 0 Å². The molecular weight excluding hydrogens is 318 g/mol. The molecule has 0 saturated carbocycles. The average molecular weight is 341 g/mol. The van der Waals surface area contributed by atoms with E-state index in [1.807, 2.05) is 42.2 Å². The van der Waals surface area contributed by atoms with Crippen LogP contribution in [-0.4, -0.2) is 41.3 Å². The van der Waals surface area contributed by atoms with Gasteiger partial charge in [0.05, 0.1) is 12.1 Å². The number of hydrogen-bond donors (Lipinski definition) is 1. The quantitative estimate of drug-likeness (QED) is 0.784. The molecule has 2 heterocycles. The molecule has 1 fully saturated rings. The number of rotatable bonds is 7. The van der Waals surface area contributed by atoms with Gasteiger partial charge in [0.25, 0.3) is 0 Å². The van der Waals surface area contributed by atoms with E-state index in [0.717, 1.165) is 24.9 Å². The number of hydrogen-bond acceptors (Lipinski definition) is 4. The van der Waals surface area contributed by atoms with Crippen LogP contribution in [0.5, 0.6) is 0 Å². The molecule has 132 valence electrons. The first-order chi connectivity index (χ1) is 12.1. The largest absolute Gasteiger partial charge is 0.441 e. The van der Waals surface area contributed by atoms with Crippen molar-refractivity contribution in [1.29, 1.82) is 0 Å². The fourth-order valence-electron chi connectivity index (χ4n) is 2.95. The zero-order valence-corrected chi connectivity index (χ0v) is 14.5. The Morgan fingerprint density at radius 1 is 1.32 bits per heavy atom. The molecule has 6 heteroatoms. The van der Waals surface area contributed by atoms with E-state index in [-0.39, 0.29) is 18.2 Å². The lowest BCUT2D eigenvalue weighted by Crippen LogP contribution is -2.31. The van der Waals surface area contributed by atoms with Crippen LogP contribution >= 0.6 is 0 Å². The molecule has 2 amide bonds. The zero-order chi connectivity index (χ0) is 17.6. The highest BCUT2D eigenvalue weighted by molar-refractivity contribution is 5.79. The smallest absolute Gasteiger partial charge is 0.226 e. The van der Waals surface area contributed by atoms with Crippen LogP contribution in [-0.2, 0) is 16.0 Å². The number of aromatic nitrogens is 1. The van der Waals surface area contributed by atoms with Crippen LogP contribution in [0.1, 0.15) is 30.7 Å². The van der Waals surface area contributed by atoms with Crippen molar-refractivity contribution in [2.45, 2.75) is 32.6 Å². The number of aryl methyl sites for hydroxylation is 1. The lowest BCUT2D eigenvalue weighted by Gasteiger charge is -2.15. The second-order valence-corrected chi connectivity index (χ2v) is 6.25. The number of nitrogens with zero attached hydrogens (tertiary/aromatic N) is 2. The average Bonchev–Trinajstić information content (AvgIpc) is 3.19. The Kier molecular flexibility index (Phi) is 5.48. The first-order valence-electron chi connectivity index (χ1n) is 8.69. The van der Waals surface area contributed by atoms with Gasteiger partial charge in [0, 0.05) is 31.6 Å². The number of benzene rings is 1. The van der Waals surface area contributed by atoms with Gasteiger partial charge in [0.15, 0.2) is 0 Å². The van der Waals surface area contributed by atoms with E-state index in [9.17, 15) is 9.59 Å². The van der Waals surface area contributed by atoms with Gasteiger partial charge in [0.2, 0.25) is 17.7 Å². The maximum Gasteiger partial charge on any atom is 0.226 e. The Morgan fingerprint density at radius 2 is 2.12 bits per heavy atom. The van der Waals surface area contributed by atoms with Gasteiger partial charge < -0.3 is 14.6 Å². The van der Waals surface area contributed by atoms with Crippen LogP contribution in [0.25, 0.3) is 11.5 Å². The Morgan fingerprint density at radius 3 is 2.84 bits per heavy atom. The van der Waals surface area contributed by atoms with Crippen LogP contribution in [0.15, 0.2) is 34.7 Å². The monoisotopic (exact) mass is 341 g/mol. The molecule has 1 aliphatic rings. The summed E-state index contributed by atoms with van der Waals surface area (Å²) in [6.07, 6.45) is 2.57. The van der Waals surface area contributed by atoms with Crippen molar-refractivity contribution in [1.82, 2.24) is 15.2 Å². The fourth-order valence-corrected chi connectivity index (χ4v) is 2.95. The molecule has 1 saturated heterocycles. The highest BCUT2D eigenvalue weighted by Gasteiger charge is 2.19. The van der Waals surface area contributed by atoms with Crippen LogP contribution in [0, 0.1) is 6.92 Å². The predicted octanol–water partition coefficient (Wildman–Crippen LogP) is 2.32. The third-order valence-corrected chi connectivity index (χ3v) is 4.34. The van der Waals surface area contributed by atoms with Crippen molar-refractivity contribution < 1.29 is 14.0 Å². The number of oxazole rings is 1. The first-order valence-corrected chi connectivity index (χ1v) is 8.69. The van der Waals surface area contributed by atoms with Crippen LogP contribution in [0.3, 0.4) is 0 Å². The second kappa shape index (κ2) is 7.96. The fraction of sp³-hybridized carbons (Fsp3) is 0.421. The Bertz CT molecular complexity index is 740. The molecule has 25 heavy (non-hydrogen) atoms. The summed E-state index contributed by atoms with van der Waals surface area (Å²) < 4.78 is 5.67.